The molecule has 78 valence electrons. The van der Waals surface area contributed by atoms with Gasteiger partial charge >= 0.3 is 0 Å². The van der Waals surface area contributed by atoms with Gasteiger partial charge in [-0.1, -0.05) is 0 Å². The fraction of sp³-hybridized carbons (Fsp3) is 0.300. The zero-order valence-corrected chi connectivity index (χ0v) is 8.36. The molecule has 0 saturated carbocycles. The fourth-order valence-corrected chi connectivity index (χ4v) is 1.45. The molecule has 0 fully saturated rings. The summed E-state index contributed by atoms with van der Waals surface area (Å²) in [6.45, 7) is 0.108. The summed E-state index contributed by atoms with van der Waals surface area (Å²) in [5.41, 5.74) is 0.360. The van der Waals surface area contributed by atoms with Crippen molar-refractivity contribution in [2.45, 2.75) is 0 Å². The zero-order chi connectivity index (χ0) is 10.8. The maximum atomic E-state index is 8.92. The molecular formula is C10H9NO4. The summed E-state index contributed by atoms with van der Waals surface area (Å²) in [4.78, 5) is 0. The van der Waals surface area contributed by atoms with E-state index in [1.54, 1.807) is 6.07 Å². The molecule has 0 bridgehead atoms. The van der Waals surface area contributed by atoms with E-state index in [2.05, 4.69) is 0 Å². The van der Waals surface area contributed by atoms with Crippen molar-refractivity contribution in [1.29, 1.82) is 5.26 Å². The highest BCUT2D eigenvalue weighted by molar-refractivity contribution is 5.66. The molecule has 0 N–H and O–H groups in total. The van der Waals surface area contributed by atoms with Crippen molar-refractivity contribution < 1.29 is 18.9 Å². The lowest BCUT2D eigenvalue weighted by molar-refractivity contribution is 0.168. The number of rotatable bonds is 2. The average Bonchev–Trinajstić information content (AvgIpc) is 2.75. The summed E-state index contributed by atoms with van der Waals surface area (Å²) in [7, 11) is 2.98. The molecule has 0 atom stereocenters. The lowest BCUT2D eigenvalue weighted by Gasteiger charge is -2.09. The quantitative estimate of drug-likeness (QED) is 0.731. The number of hydrogen-bond acceptors (Lipinski definition) is 5. The first kappa shape index (κ1) is 9.46. The number of hydrogen-bond donors (Lipinski definition) is 0. The van der Waals surface area contributed by atoms with Gasteiger partial charge in [0, 0.05) is 6.07 Å². The Balaban J connectivity index is 2.67. The van der Waals surface area contributed by atoms with Crippen LogP contribution in [0.1, 0.15) is 5.56 Å². The van der Waals surface area contributed by atoms with Crippen LogP contribution in [0.2, 0.25) is 0 Å². The molecule has 1 aliphatic heterocycles. The van der Waals surface area contributed by atoms with Gasteiger partial charge in [0.2, 0.25) is 18.3 Å². The number of nitrogens with zero attached hydrogens (tertiary/aromatic N) is 1. The molecule has 1 aromatic rings. The molecule has 1 aliphatic rings. The standard InChI is InChI=1S/C10H9NO4/c1-12-7-3-6(4-11)8(13-2)10-9(7)14-5-15-10/h3H,5H2,1-2H3. The van der Waals surface area contributed by atoms with Crippen molar-refractivity contribution in [3.63, 3.8) is 0 Å². The Labute approximate surface area is 86.7 Å². The number of fused-ring (bicyclic) bond motifs is 1. The molecule has 5 nitrogen and oxygen atoms in total. The van der Waals surface area contributed by atoms with Crippen molar-refractivity contribution >= 4 is 0 Å². The van der Waals surface area contributed by atoms with Crippen molar-refractivity contribution in [2.24, 2.45) is 0 Å². The first-order valence-corrected chi connectivity index (χ1v) is 4.26. The normalized spacial score (nSPS) is 12.1. The van der Waals surface area contributed by atoms with Crippen LogP contribution in [-0.4, -0.2) is 21.0 Å². The van der Waals surface area contributed by atoms with Crippen LogP contribution in [0.5, 0.6) is 23.0 Å². The number of nitriles is 1. The summed E-state index contributed by atoms with van der Waals surface area (Å²) < 4.78 is 20.6. The predicted octanol–water partition coefficient (Wildman–Crippen LogP) is 1.30. The lowest BCUT2D eigenvalue weighted by atomic mass is 10.1. The maximum absolute atomic E-state index is 8.92. The van der Waals surface area contributed by atoms with Gasteiger partial charge in [0.25, 0.3) is 0 Å². The van der Waals surface area contributed by atoms with Crippen LogP contribution in [0.4, 0.5) is 0 Å². The highest BCUT2D eigenvalue weighted by atomic mass is 16.7. The van der Waals surface area contributed by atoms with Gasteiger partial charge in [0.1, 0.15) is 11.6 Å². The van der Waals surface area contributed by atoms with Crippen LogP contribution in [-0.2, 0) is 0 Å². The molecule has 0 aromatic heterocycles. The van der Waals surface area contributed by atoms with Crippen LogP contribution in [0.15, 0.2) is 6.07 Å². The van der Waals surface area contributed by atoms with E-state index in [0.29, 0.717) is 28.6 Å². The minimum atomic E-state index is 0.108. The molecule has 1 heterocycles. The van der Waals surface area contributed by atoms with Crippen LogP contribution in [0.3, 0.4) is 0 Å². The Kier molecular flexibility index (Phi) is 2.26. The van der Waals surface area contributed by atoms with Gasteiger partial charge < -0.3 is 18.9 Å². The van der Waals surface area contributed by atoms with Crippen LogP contribution >= 0.6 is 0 Å². The highest BCUT2D eigenvalue weighted by Gasteiger charge is 2.26. The van der Waals surface area contributed by atoms with Crippen molar-refractivity contribution in [1.82, 2.24) is 0 Å². The van der Waals surface area contributed by atoms with Crippen molar-refractivity contribution in [2.75, 3.05) is 21.0 Å². The van der Waals surface area contributed by atoms with Crippen LogP contribution in [0.25, 0.3) is 0 Å². The van der Waals surface area contributed by atoms with Crippen molar-refractivity contribution in [3.05, 3.63) is 11.6 Å². The maximum Gasteiger partial charge on any atom is 0.231 e. The van der Waals surface area contributed by atoms with E-state index in [0.717, 1.165) is 0 Å². The van der Waals surface area contributed by atoms with E-state index in [-0.39, 0.29) is 6.79 Å². The summed E-state index contributed by atoms with van der Waals surface area (Å²) in [5.74, 6) is 1.76. The van der Waals surface area contributed by atoms with E-state index in [1.807, 2.05) is 6.07 Å². The minimum Gasteiger partial charge on any atom is -0.493 e. The average molecular weight is 207 g/mol. The van der Waals surface area contributed by atoms with Crippen LogP contribution < -0.4 is 18.9 Å². The lowest BCUT2D eigenvalue weighted by Crippen LogP contribution is -1.94. The highest BCUT2D eigenvalue weighted by Crippen LogP contribution is 2.49. The molecule has 0 spiro atoms. The Hall–Kier alpha value is -2.09. The van der Waals surface area contributed by atoms with E-state index in [9.17, 15) is 0 Å². The largest absolute Gasteiger partial charge is 0.493 e. The van der Waals surface area contributed by atoms with E-state index in [4.69, 9.17) is 24.2 Å². The van der Waals surface area contributed by atoms with Gasteiger partial charge in [0.05, 0.1) is 14.2 Å². The third-order valence-electron chi connectivity index (χ3n) is 2.11. The second-order valence-electron chi connectivity index (χ2n) is 2.84. The SMILES string of the molecule is COc1cc(C#N)c(OC)c2c1OCO2. The van der Waals surface area contributed by atoms with E-state index in [1.165, 1.54) is 14.2 Å². The Morgan fingerprint density at radius 1 is 1.27 bits per heavy atom. The Morgan fingerprint density at radius 3 is 2.60 bits per heavy atom. The number of ether oxygens (including phenoxy) is 4. The fourth-order valence-electron chi connectivity index (χ4n) is 1.45. The Morgan fingerprint density at radius 2 is 2.00 bits per heavy atom. The van der Waals surface area contributed by atoms with Gasteiger partial charge in [-0.05, 0) is 0 Å². The summed E-state index contributed by atoms with van der Waals surface area (Å²) in [6, 6.07) is 3.57. The molecule has 5 heteroatoms. The molecule has 2 rings (SSSR count). The number of methoxy groups -OCH3 is 2. The molecule has 15 heavy (non-hydrogen) atoms. The van der Waals surface area contributed by atoms with Crippen LogP contribution in [0, 0.1) is 11.3 Å². The predicted molar refractivity (Wildman–Crippen MR) is 50.4 cm³/mol. The van der Waals surface area contributed by atoms with Crippen molar-refractivity contribution in [3.8, 4) is 29.1 Å². The second kappa shape index (κ2) is 3.58. The molecule has 0 radical (unpaired) electrons. The van der Waals surface area contributed by atoms with Gasteiger partial charge in [-0.2, -0.15) is 5.26 Å². The molecular weight excluding hydrogens is 198 g/mol. The topological polar surface area (TPSA) is 60.7 Å². The smallest absolute Gasteiger partial charge is 0.231 e. The first-order chi connectivity index (χ1) is 7.31. The number of benzene rings is 1. The van der Waals surface area contributed by atoms with E-state index >= 15 is 0 Å². The zero-order valence-electron chi connectivity index (χ0n) is 8.36. The van der Waals surface area contributed by atoms with Gasteiger partial charge in [-0.25, -0.2) is 0 Å². The molecule has 1 aromatic carbocycles. The summed E-state index contributed by atoms with van der Waals surface area (Å²) in [6.07, 6.45) is 0. The second-order valence-corrected chi connectivity index (χ2v) is 2.84. The summed E-state index contributed by atoms with van der Waals surface area (Å²) >= 11 is 0. The third kappa shape index (κ3) is 1.31. The third-order valence-corrected chi connectivity index (χ3v) is 2.11. The molecule has 0 aliphatic carbocycles. The monoisotopic (exact) mass is 207 g/mol. The van der Waals surface area contributed by atoms with E-state index < -0.39 is 0 Å². The molecule has 0 amide bonds. The minimum absolute atomic E-state index is 0.108. The Bertz CT molecular complexity index is 436. The van der Waals surface area contributed by atoms with Gasteiger partial charge in [-0.3, -0.25) is 0 Å². The molecule has 0 unspecified atom stereocenters. The first-order valence-electron chi connectivity index (χ1n) is 4.26. The van der Waals surface area contributed by atoms with Gasteiger partial charge in [0.15, 0.2) is 11.5 Å². The summed E-state index contributed by atoms with van der Waals surface area (Å²) in [5, 5.41) is 8.92. The van der Waals surface area contributed by atoms with Gasteiger partial charge in [-0.15, -0.1) is 0 Å². The molecule has 0 saturated heterocycles.